The fourth-order valence-corrected chi connectivity index (χ4v) is 3.41. The first-order chi connectivity index (χ1) is 13.1. The number of amides is 1. The number of methoxy groups -OCH3 is 3. The van der Waals surface area contributed by atoms with Crippen LogP contribution in [-0.4, -0.2) is 37.0 Å². The second kappa shape index (κ2) is 8.59. The average Bonchev–Trinajstić information content (AvgIpc) is 3.35. The van der Waals surface area contributed by atoms with Crippen molar-refractivity contribution < 1.29 is 19.0 Å². The van der Waals surface area contributed by atoms with Crippen molar-refractivity contribution in [3.05, 3.63) is 52.5 Å². The van der Waals surface area contributed by atoms with Crippen molar-refractivity contribution in [1.82, 2.24) is 9.78 Å². The zero-order valence-corrected chi connectivity index (χ0v) is 16.2. The number of carbonyl (C=O) groups is 1. The van der Waals surface area contributed by atoms with Gasteiger partial charge in [0.1, 0.15) is 5.75 Å². The molecule has 0 saturated carbocycles. The maximum atomic E-state index is 12.3. The van der Waals surface area contributed by atoms with Crippen molar-refractivity contribution >= 4 is 22.9 Å². The molecule has 1 amide bonds. The van der Waals surface area contributed by atoms with Crippen molar-refractivity contribution in [2.45, 2.75) is 13.0 Å². The number of thiophene rings is 1. The average molecular weight is 387 g/mol. The van der Waals surface area contributed by atoms with Gasteiger partial charge in [0, 0.05) is 23.5 Å². The number of hydrogen-bond acceptors (Lipinski definition) is 6. The summed E-state index contributed by atoms with van der Waals surface area (Å²) in [7, 11) is 4.78. The third kappa shape index (κ3) is 4.40. The Morgan fingerprint density at radius 3 is 2.63 bits per heavy atom. The standard InChI is InChI=1S/C19H21N3O4S/c1-24-16-5-4-13(8-17(16)25-2)6-7-22-10-14(9-20-22)21-19(23)15-11-27-12-18(15)26-3/h4-5,8-12H,6-7H2,1-3H3,(H,21,23). The molecule has 0 atom stereocenters. The summed E-state index contributed by atoms with van der Waals surface area (Å²) in [6, 6.07) is 5.83. The molecule has 0 aliphatic rings. The first-order valence-electron chi connectivity index (χ1n) is 8.29. The SMILES string of the molecule is COc1ccc(CCn2cc(NC(=O)c3cscc3OC)cn2)cc1OC. The van der Waals surface area contributed by atoms with E-state index >= 15 is 0 Å². The molecular weight excluding hydrogens is 366 g/mol. The summed E-state index contributed by atoms with van der Waals surface area (Å²) in [5, 5.41) is 10.7. The minimum absolute atomic E-state index is 0.215. The normalized spacial score (nSPS) is 10.5. The second-order valence-electron chi connectivity index (χ2n) is 5.74. The zero-order valence-electron chi connectivity index (χ0n) is 15.4. The van der Waals surface area contributed by atoms with Crippen molar-refractivity contribution in [2.75, 3.05) is 26.6 Å². The monoisotopic (exact) mass is 387 g/mol. The maximum absolute atomic E-state index is 12.3. The van der Waals surface area contributed by atoms with Gasteiger partial charge in [-0.25, -0.2) is 0 Å². The Morgan fingerprint density at radius 1 is 1.11 bits per heavy atom. The van der Waals surface area contributed by atoms with Gasteiger partial charge in [0.05, 0.1) is 38.8 Å². The summed E-state index contributed by atoms with van der Waals surface area (Å²) < 4.78 is 17.5. The van der Waals surface area contributed by atoms with Gasteiger partial charge in [0.25, 0.3) is 5.91 Å². The molecule has 0 fully saturated rings. The number of aromatic nitrogens is 2. The first kappa shape index (κ1) is 18.8. The first-order valence-corrected chi connectivity index (χ1v) is 9.23. The van der Waals surface area contributed by atoms with E-state index in [4.69, 9.17) is 14.2 Å². The Balaban J connectivity index is 1.60. The number of carbonyl (C=O) groups excluding carboxylic acids is 1. The van der Waals surface area contributed by atoms with E-state index in [1.807, 2.05) is 18.2 Å². The van der Waals surface area contributed by atoms with Gasteiger partial charge >= 0.3 is 0 Å². The van der Waals surface area contributed by atoms with Gasteiger partial charge in [-0.15, -0.1) is 11.3 Å². The Bertz CT molecular complexity index is 919. The van der Waals surface area contributed by atoms with Crippen LogP contribution in [-0.2, 0) is 13.0 Å². The van der Waals surface area contributed by atoms with Crippen LogP contribution in [0.4, 0.5) is 5.69 Å². The molecule has 0 aliphatic heterocycles. The van der Waals surface area contributed by atoms with E-state index in [9.17, 15) is 4.79 Å². The van der Waals surface area contributed by atoms with E-state index in [0.717, 1.165) is 12.0 Å². The topological polar surface area (TPSA) is 74.6 Å². The summed E-state index contributed by atoms with van der Waals surface area (Å²) in [6.07, 6.45) is 4.20. The van der Waals surface area contributed by atoms with Crippen LogP contribution in [0.3, 0.4) is 0 Å². The number of rotatable bonds is 8. The van der Waals surface area contributed by atoms with Crippen LogP contribution in [0, 0.1) is 0 Å². The van der Waals surface area contributed by atoms with E-state index in [1.165, 1.54) is 11.3 Å². The number of benzene rings is 1. The molecule has 2 aromatic heterocycles. The molecule has 0 bridgehead atoms. The molecule has 3 rings (SSSR count). The van der Waals surface area contributed by atoms with Crippen LogP contribution in [0.5, 0.6) is 17.2 Å². The van der Waals surface area contributed by atoms with Crippen LogP contribution < -0.4 is 19.5 Å². The molecule has 7 nitrogen and oxygen atoms in total. The highest BCUT2D eigenvalue weighted by molar-refractivity contribution is 7.08. The van der Waals surface area contributed by atoms with Crippen LogP contribution >= 0.6 is 11.3 Å². The van der Waals surface area contributed by atoms with Crippen LogP contribution in [0.1, 0.15) is 15.9 Å². The van der Waals surface area contributed by atoms with Crippen molar-refractivity contribution in [3.63, 3.8) is 0 Å². The fraction of sp³-hybridized carbons (Fsp3) is 0.263. The lowest BCUT2D eigenvalue weighted by Crippen LogP contribution is -2.11. The molecule has 2 heterocycles. The number of anilines is 1. The summed E-state index contributed by atoms with van der Waals surface area (Å²) in [6.45, 7) is 0.674. The number of aryl methyl sites for hydroxylation is 2. The number of nitrogens with one attached hydrogen (secondary N) is 1. The highest BCUT2D eigenvalue weighted by atomic mass is 32.1. The number of ether oxygens (including phenoxy) is 3. The van der Waals surface area contributed by atoms with Crippen molar-refractivity contribution in [2.24, 2.45) is 0 Å². The highest BCUT2D eigenvalue weighted by Crippen LogP contribution is 2.28. The Labute approximate surface area is 161 Å². The van der Waals surface area contributed by atoms with E-state index in [-0.39, 0.29) is 5.91 Å². The lowest BCUT2D eigenvalue weighted by molar-refractivity contribution is 0.102. The van der Waals surface area contributed by atoms with Crippen LogP contribution in [0.15, 0.2) is 41.4 Å². The maximum Gasteiger partial charge on any atom is 0.260 e. The molecule has 0 radical (unpaired) electrons. The minimum atomic E-state index is -0.215. The van der Waals surface area contributed by atoms with Gasteiger partial charge < -0.3 is 19.5 Å². The smallest absolute Gasteiger partial charge is 0.260 e. The Morgan fingerprint density at radius 2 is 1.89 bits per heavy atom. The quantitative estimate of drug-likeness (QED) is 0.641. The molecule has 1 aromatic carbocycles. The van der Waals surface area contributed by atoms with Gasteiger partial charge in [-0.05, 0) is 24.1 Å². The Kier molecular flexibility index (Phi) is 5.97. The van der Waals surface area contributed by atoms with Gasteiger partial charge in [-0.3, -0.25) is 9.48 Å². The van der Waals surface area contributed by atoms with Gasteiger partial charge in [0.2, 0.25) is 0 Å². The molecular formula is C19H21N3O4S. The van der Waals surface area contributed by atoms with Crippen LogP contribution in [0.25, 0.3) is 0 Å². The molecule has 0 aliphatic carbocycles. The third-order valence-electron chi connectivity index (χ3n) is 4.06. The molecule has 8 heteroatoms. The number of nitrogens with zero attached hydrogens (tertiary/aromatic N) is 2. The highest BCUT2D eigenvalue weighted by Gasteiger charge is 2.14. The largest absolute Gasteiger partial charge is 0.495 e. The molecule has 0 saturated heterocycles. The number of hydrogen-bond donors (Lipinski definition) is 1. The van der Waals surface area contributed by atoms with Gasteiger partial charge in [0.15, 0.2) is 11.5 Å². The summed E-state index contributed by atoms with van der Waals surface area (Å²) in [5.41, 5.74) is 2.26. The van der Waals surface area contributed by atoms with Crippen molar-refractivity contribution in [3.8, 4) is 17.2 Å². The zero-order chi connectivity index (χ0) is 19.2. The summed E-state index contributed by atoms with van der Waals surface area (Å²) >= 11 is 1.42. The predicted molar refractivity (Wildman–Crippen MR) is 104 cm³/mol. The van der Waals surface area contributed by atoms with E-state index in [2.05, 4.69) is 10.4 Å². The van der Waals surface area contributed by atoms with E-state index in [0.29, 0.717) is 35.0 Å². The van der Waals surface area contributed by atoms with Crippen molar-refractivity contribution in [1.29, 1.82) is 0 Å². The molecule has 0 unspecified atom stereocenters. The Hall–Kier alpha value is -3.00. The minimum Gasteiger partial charge on any atom is -0.495 e. The van der Waals surface area contributed by atoms with Crippen LogP contribution in [0.2, 0.25) is 0 Å². The lowest BCUT2D eigenvalue weighted by Gasteiger charge is -2.09. The van der Waals surface area contributed by atoms with E-state index < -0.39 is 0 Å². The molecule has 0 spiro atoms. The van der Waals surface area contributed by atoms with Gasteiger partial charge in [-0.2, -0.15) is 5.10 Å². The third-order valence-corrected chi connectivity index (χ3v) is 4.78. The summed E-state index contributed by atoms with van der Waals surface area (Å²) in [4.78, 5) is 12.3. The summed E-state index contributed by atoms with van der Waals surface area (Å²) in [5.74, 6) is 1.76. The second-order valence-corrected chi connectivity index (χ2v) is 6.48. The molecule has 27 heavy (non-hydrogen) atoms. The molecule has 3 aromatic rings. The van der Waals surface area contributed by atoms with E-state index in [1.54, 1.807) is 49.2 Å². The van der Waals surface area contributed by atoms with Gasteiger partial charge in [-0.1, -0.05) is 6.07 Å². The lowest BCUT2D eigenvalue weighted by atomic mass is 10.1. The fourth-order valence-electron chi connectivity index (χ4n) is 2.64. The predicted octanol–water partition coefficient (Wildman–Crippen LogP) is 3.47. The molecule has 142 valence electrons. The molecule has 1 N–H and O–H groups in total.